The van der Waals surface area contributed by atoms with E-state index in [1.165, 1.54) is 23.5 Å². The van der Waals surface area contributed by atoms with E-state index in [1.807, 2.05) is 12.3 Å². The normalized spacial score (nSPS) is 9.95. The number of carbonyl (C=O) groups excluding carboxylic acids is 1. The van der Waals surface area contributed by atoms with Gasteiger partial charge in [0.15, 0.2) is 5.13 Å². The molecule has 0 bridgehead atoms. The summed E-state index contributed by atoms with van der Waals surface area (Å²) in [7, 11) is 0. The van der Waals surface area contributed by atoms with Gasteiger partial charge in [0, 0.05) is 11.1 Å². The molecule has 2 aromatic rings. The van der Waals surface area contributed by atoms with Crippen molar-refractivity contribution in [1.82, 2.24) is 4.98 Å². The maximum absolute atomic E-state index is 11.7. The van der Waals surface area contributed by atoms with Crippen molar-refractivity contribution in [2.24, 2.45) is 0 Å². The Balaban J connectivity index is 2.02. The number of hydrogen-bond donors (Lipinski definition) is 3. The van der Waals surface area contributed by atoms with Crippen molar-refractivity contribution in [3.8, 4) is 0 Å². The fraction of sp³-hybridized carbons (Fsp3) is 0.0833. The van der Waals surface area contributed by atoms with Crippen LogP contribution in [-0.2, 0) is 0 Å². The van der Waals surface area contributed by atoms with Gasteiger partial charge in [0.2, 0.25) is 0 Å². The number of benzene rings is 1. The first-order valence-electron chi connectivity index (χ1n) is 5.38. The fourth-order valence-electron chi connectivity index (χ4n) is 1.40. The van der Waals surface area contributed by atoms with Crippen LogP contribution in [0, 0.1) is 6.92 Å². The van der Waals surface area contributed by atoms with Crippen LogP contribution in [0.1, 0.15) is 16.1 Å². The van der Waals surface area contributed by atoms with Crippen LogP contribution >= 0.6 is 11.3 Å². The number of carbonyl (C=O) groups is 2. The topological polar surface area (TPSA) is 91.3 Å². The van der Waals surface area contributed by atoms with Crippen molar-refractivity contribution in [3.05, 3.63) is 40.9 Å². The Morgan fingerprint density at radius 1 is 1.32 bits per heavy atom. The molecule has 19 heavy (non-hydrogen) atoms. The first kappa shape index (κ1) is 13.0. The highest BCUT2D eigenvalue weighted by Crippen LogP contribution is 2.15. The lowest BCUT2D eigenvalue weighted by Gasteiger charge is -2.05. The quantitative estimate of drug-likeness (QED) is 0.804. The van der Waals surface area contributed by atoms with Gasteiger partial charge in [-0.3, -0.25) is 5.32 Å². The summed E-state index contributed by atoms with van der Waals surface area (Å²) < 4.78 is 0. The molecule has 2 rings (SSSR count). The molecule has 0 saturated heterocycles. The van der Waals surface area contributed by atoms with Crippen molar-refractivity contribution < 1.29 is 14.7 Å². The number of rotatable bonds is 3. The monoisotopic (exact) mass is 277 g/mol. The Bertz CT molecular complexity index is 624. The minimum atomic E-state index is -1.04. The Morgan fingerprint density at radius 3 is 2.74 bits per heavy atom. The van der Waals surface area contributed by atoms with Crippen molar-refractivity contribution in [3.63, 3.8) is 0 Å². The maximum Gasteiger partial charge on any atom is 0.335 e. The zero-order valence-electron chi connectivity index (χ0n) is 10.0. The summed E-state index contributed by atoms with van der Waals surface area (Å²) in [5, 5.41) is 16.3. The molecule has 0 aliphatic rings. The van der Waals surface area contributed by atoms with Crippen molar-refractivity contribution in [2.45, 2.75) is 6.92 Å². The van der Waals surface area contributed by atoms with Gasteiger partial charge in [-0.05, 0) is 25.1 Å². The van der Waals surface area contributed by atoms with E-state index in [0.717, 1.165) is 5.69 Å². The molecule has 98 valence electrons. The highest BCUT2D eigenvalue weighted by molar-refractivity contribution is 7.13. The number of aryl methyl sites for hydroxylation is 1. The molecule has 1 aromatic heterocycles. The van der Waals surface area contributed by atoms with Crippen LogP contribution in [0.3, 0.4) is 0 Å². The van der Waals surface area contributed by atoms with Crippen LogP contribution in [0.15, 0.2) is 29.6 Å². The van der Waals surface area contributed by atoms with Gasteiger partial charge in [0.1, 0.15) is 0 Å². The van der Waals surface area contributed by atoms with Gasteiger partial charge in [-0.2, -0.15) is 0 Å². The number of carboxylic acid groups (broad SMARTS) is 1. The third-order valence-electron chi connectivity index (χ3n) is 2.21. The number of hydrogen-bond acceptors (Lipinski definition) is 4. The minimum absolute atomic E-state index is 0.114. The van der Waals surface area contributed by atoms with E-state index in [2.05, 4.69) is 15.6 Å². The van der Waals surface area contributed by atoms with E-state index in [9.17, 15) is 9.59 Å². The predicted octanol–water partition coefficient (Wildman–Crippen LogP) is 2.79. The Morgan fingerprint density at radius 2 is 2.11 bits per heavy atom. The molecule has 1 heterocycles. The second-order valence-corrected chi connectivity index (χ2v) is 4.62. The van der Waals surface area contributed by atoms with Crippen LogP contribution < -0.4 is 10.6 Å². The summed E-state index contributed by atoms with van der Waals surface area (Å²) in [6, 6.07) is 5.55. The number of nitrogens with one attached hydrogen (secondary N) is 2. The molecular weight excluding hydrogens is 266 g/mol. The van der Waals surface area contributed by atoms with Crippen molar-refractivity contribution in [1.29, 1.82) is 0 Å². The number of nitrogens with zero attached hydrogens (tertiary/aromatic N) is 1. The highest BCUT2D eigenvalue weighted by Gasteiger charge is 2.07. The smallest absolute Gasteiger partial charge is 0.335 e. The lowest BCUT2D eigenvalue weighted by molar-refractivity contribution is 0.0697. The number of aromatic nitrogens is 1. The molecule has 0 spiro atoms. The van der Waals surface area contributed by atoms with Crippen LogP contribution in [-0.4, -0.2) is 22.1 Å². The minimum Gasteiger partial charge on any atom is -0.478 e. The lowest BCUT2D eigenvalue weighted by Crippen LogP contribution is -2.19. The van der Waals surface area contributed by atoms with E-state index in [0.29, 0.717) is 10.8 Å². The maximum atomic E-state index is 11.7. The van der Waals surface area contributed by atoms with E-state index in [1.54, 1.807) is 12.1 Å². The molecule has 0 fully saturated rings. The number of carboxylic acids is 1. The highest BCUT2D eigenvalue weighted by atomic mass is 32.1. The van der Waals surface area contributed by atoms with Gasteiger partial charge in [-0.25, -0.2) is 14.6 Å². The molecule has 0 radical (unpaired) electrons. The molecule has 0 atom stereocenters. The molecule has 1 aromatic carbocycles. The second-order valence-electron chi connectivity index (χ2n) is 3.76. The number of amides is 2. The number of urea groups is 1. The van der Waals surface area contributed by atoms with E-state index in [-0.39, 0.29) is 5.56 Å². The van der Waals surface area contributed by atoms with Crippen LogP contribution in [0.5, 0.6) is 0 Å². The molecule has 3 N–H and O–H groups in total. The van der Waals surface area contributed by atoms with Gasteiger partial charge in [-0.15, -0.1) is 11.3 Å². The summed E-state index contributed by atoms with van der Waals surface area (Å²) in [5.41, 5.74) is 1.35. The van der Waals surface area contributed by atoms with E-state index >= 15 is 0 Å². The Labute approximate surface area is 113 Å². The predicted molar refractivity (Wildman–Crippen MR) is 72.9 cm³/mol. The van der Waals surface area contributed by atoms with Crippen LogP contribution in [0.2, 0.25) is 0 Å². The molecule has 0 saturated carbocycles. The first-order valence-corrected chi connectivity index (χ1v) is 6.26. The zero-order valence-corrected chi connectivity index (χ0v) is 10.8. The average Bonchev–Trinajstić information content (AvgIpc) is 2.74. The van der Waals surface area contributed by atoms with Gasteiger partial charge in [0.05, 0.1) is 11.3 Å². The summed E-state index contributed by atoms with van der Waals surface area (Å²) in [5.74, 6) is -1.04. The van der Waals surface area contributed by atoms with Gasteiger partial charge in [0.25, 0.3) is 0 Å². The number of thiazole rings is 1. The third-order valence-corrected chi connectivity index (χ3v) is 3.08. The number of anilines is 2. The SMILES string of the molecule is Cc1csc(NC(=O)Nc2cccc(C(=O)O)c2)n1. The lowest BCUT2D eigenvalue weighted by atomic mass is 10.2. The molecule has 6 nitrogen and oxygen atoms in total. The number of aromatic carboxylic acids is 1. The second kappa shape index (κ2) is 5.49. The average molecular weight is 277 g/mol. The molecular formula is C12H11N3O3S. The van der Waals surface area contributed by atoms with Gasteiger partial charge < -0.3 is 10.4 Å². The Hall–Kier alpha value is -2.41. The summed E-state index contributed by atoms with van der Waals surface area (Å²) in [4.78, 5) is 26.6. The Kier molecular flexibility index (Phi) is 3.76. The van der Waals surface area contributed by atoms with Gasteiger partial charge >= 0.3 is 12.0 Å². The summed E-state index contributed by atoms with van der Waals surface area (Å²) in [6.07, 6.45) is 0. The molecule has 7 heteroatoms. The largest absolute Gasteiger partial charge is 0.478 e. The zero-order chi connectivity index (χ0) is 13.8. The van der Waals surface area contributed by atoms with E-state index < -0.39 is 12.0 Å². The first-order chi connectivity index (χ1) is 9.04. The summed E-state index contributed by atoms with van der Waals surface area (Å²) >= 11 is 1.32. The molecule has 0 unspecified atom stereocenters. The van der Waals surface area contributed by atoms with Crippen LogP contribution in [0.4, 0.5) is 15.6 Å². The van der Waals surface area contributed by atoms with Crippen LogP contribution in [0.25, 0.3) is 0 Å². The van der Waals surface area contributed by atoms with E-state index in [4.69, 9.17) is 5.11 Å². The summed E-state index contributed by atoms with van der Waals surface area (Å²) in [6.45, 7) is 1.83. The molecule has 0 aliphatic carbocycles. The molecule has 2 amide bonds. The fourth-order valence-corrected chi connectivity index (χ4v) is 2.08. The third kappa shape index (κ3) is 3.52. The van der Waals surface area contributed by atoms with Crippen molar-refractivity contribution in [2.75, 3.05) is 10.6 Å². The van der Waals surface area contributed by atoms with Gasteiger partial charge in [-0.1, -0.05) is 6.07 Å². The molecule has 0 aliphatic heterocycles. The van der Waals surface area contributed by atoms with Crippen molar-refractivity contribution >= 4 is 34.2 Å². The standard InChI is InChI=1S/C12H11N3O3S/c1-7-6-19-12(13-7)15-11(18)14-9-4-2-3-8(5-9)10(16)17/h2-6H,1H3,(H,16,17)(H2,13,14,15,18).